The number of hydrogen-bond donors (Lipinski definition) is 2. The van der Waals surface area contributed by atoms with E-state index in [0.29, 0.717) is 6.54 Å². The van der Waals surface area contributed by atoms with Crippen molar-refractivity contribution in [1.82, 2.24) is 9.88 Å². The molecule has 0 spiro atoms. The normalized spacial score (nSPS) is 15.2. The second-order valence-corrected chi connectivity index (χ2v) is 8.35. The Morgan fingerprint density at radius 1 is 1.00 bits per heavy atom. The first-order valence-corrected chi connectivity index (χ1v) is 11.0. The fourth-order valence-corrected chi connectivity index (χ4v) is 4.66. The average Bonchev–Trinajstić information content (AvgIpc) is 3.21. The summed E-state index contributed by atoms with van der Waals surface area (Å²) in [7, 11) is 3.33. The number of aryl methyl sites for hydroxylation is 1. The van der Waals surface area contributed by atoms with Gasteiger partial charge in [0.15, 0.2) is 0 Å². The molecular formula is C27H27N3O3. The first-order valence-electron chi connectivity index (χ1n) is 11.0. The molecule has 1 aliphatic rings. The largest absolute Gasteiger partial charge is 0.497 e. The van der Waals surface area contributed by atoms with Gasteiger partial charge >= 0.3 is 6.03 Å². The quantitative estimate of drug-likeness (QED) is 0.429. The van der Waals surface area contributed by atoms with Crippen LogP contribution in [0.25, 0.3) is 10.9 Å². The lowest BCUT2D eigenvalue weighted by molar-refractivity contribution is 0.193. The second kappa shape index (κ2) is 8.54. The van der Waals surface area contributed by atoms with Gasteiger partial charge in [0, 0.05) is 28.8 Å². The molecule has 1 aliphatic heterocycles. The summed E-state index contributed by atoms with van der Waals surface area (Å²) in [6.07, 6.45) is 0.760. The van der Waals surface area contributed by atoms with Gasteiger partial charge in [0.25, 0.3) is 0 Å². The highest BCUT2D eigenvalue weighted by molar-refractivity contribution is 5.92. The Balaban J connectivity index is 1.58. The minimum Gasteiger partial charge on any atom is -0.497 e. The highest BCUT2D eigenvalue weighted by atomic mass is 16.5. The Morgan fingerprint density at radius 2 is 1.76 bits per heavy atom. The van der Waals surface area contributed by atoms with Crippen molar-refractivity contribution in [3.63, 3.8) is 0 Å². The SMILES string of the molecule is COc1ccc([C@H]2c3[nH]c4ccc(OC)cc4c3CCN2C(=O)Nc2cccc(C)c2)cc1. The third-order valence-corrected chi connectivity index (χ3v) is 6.30. The van der Waals surface area contributed by atoms with Crippen LogP contribution in [0.2, 0.25) is 0 Å². The minimum absolute atomic E-state index is 0.122. The van der Waals surface area contributed by atoms with Crippen LogP contribution in [0.5, 0.6) is 11.5 Å². The van der Waals surface area contributed by atoms with Crippen molar-refractivity contribution in [2.45, 2.75) is 19.4 Å². The molecule has 0 aliphatic carbocycles. The zero-order valence-electron chi connectivity index (χ0n) is 19.0. The van der Waals surface area contributed by atoms with Crippen molar-refractivity contribution in [2.75, 3.05) is 26.1 Å². The zero-order valence-corrected chi connectivity index (χ0v) is 19.0. The second-order valence-electron chi connectivity index (χ2n) is 8.35. The van der Waals surface area contributed by atoms with Crippen LogP contribution in [0.4, 0.5) is 10.5 Å². The number of methoxy groups -OCH3 is 2. The van der Waals surface area contributed by atoms with E-state index >= 15 is 0 Å². The Morgan fingerprint density at radius 3 is 2.48 bits per heavy atom. The van der Waals surface area contributed by atoms with Crippen molar-refractivity contribution in [2.24, 2.45) is 0 Å². The molecule has 6 nitrogen and oxygen atoms in total. The zero-order chi connectivity index (χ0) is 22.9. The third kappa shape index (κ3) is 3.89. The topological polar surface area (TPSA) is 66.6 Å². The lowest BCUT2D eigenvalue weighted by atomic mass is 9.92. The molecule has 6 heteroatoms. The number of carbonyl (C=O) groups excluding carboxylic acids is 1. The van der Waals surface area contributed by atoms with Gasteiger partial charge in [-0.2, -0.15) is 0 Å². The van der Waals surface area contributed by atoms with Crippen LogP contribution < -0.4 is 14.8 Å². The summed E-state index contributed by atoms with van der Waals surface area (Å²) in [5.41, 5.74) is 6.22. The van der Waals surface area contributed by atoms with Crippen LogP contribution in [-0.4, -0.2) is 36.7 Å². The lowest BCUT2D eigenvalue weighted by Gasteiger charge is -2.36. The van der Waals surface area contributed by atoms with E-state index in [-0.39, 0.29) is 12.1 Å². The molecule has 1 aromatic heterocycles. The minimum atomic E-state index is -0.247. The van der Waals surface area contributed by atoms with Gasteiger partial charge in [-0.05, 0) is 72.5 Å². The maximum absolute atomic E-state index is 13.5. The number of aromatic nitrogens is 1. The van der Waals surface area contributed by atoms with E-state index in [9.17, 15) is 4.79 Å². The van der Waals surface area contributed by atoms with Gasteiger partial charge in [-0.3, -0.25) is 0 Å². The molecule has 3 aromatic carbocycles. The van der Waals surface area contributed by atoms with E-state index in [1.54, 1.807) is 14.2 Å². The molecule has 0 fully saturated rings. The van der Waals surface area contributed by atoms with Gasteiger partial charge in [0.05, 0.1) is 20.3 Å². The number of hydrogen-bond acceptors (Lipinski definition) is 3. The van der Waals surface area contributed by atoms with Crippen molar-refractivity contribution in [3.8, 4) is 11.5 Å². The lowest BCUT2D eigenvalue weighted by Crippen LogP contribution is -2.43. The molecule has 2 amide bonds. The summed E-state index contributed by atoms with van der Waals surface area (Å²) in [5.74, 6) is 1.61. The van der Waals surface area contributed by atoms with Crippen LogP contribution in [0.1, 0.15) is 28.4 Å². The monoisotopic (exact) mass is 441 g/mol. The summed E-state index contributed by atoms with van der Waals surface area (Å²) in [6, 6.07) is 21.5. The Hall–Kier alpha value is -3.93. The van der Waals surface area contributed by atoms with Crippen LogP contribution in [0.15, 0.2) is 66.7 Å². The Kier molecular flexibility index (Phi) is 5.42. The number of anilines is 1. The number of urea groups is 1. The number of aromatic amines is 1. The summed E-state index contributed by atoms with van der Waals surface area (Å²) in [5, 5.41) is 4.23. The van der Waals surface area contributed by atoms with E-state index in [4.69, 9.17) is 9.47 Å². The van der Waals surface area contributed by atoms with E-state index in [0.717, 1.165) is 51.3 Å². The van der Waals surface area contributed by atoms with Gasteiger partial charge in [0.1, 0.15) is 11.5 Å². The van der Waals surface area contributed by atoms with Gasteiger partial charge in [-0.25, -0.2) is 4.79 Å². The summed E-state index contributed by atoms with van der Waals surface area (Å²) in [4.78, 5) is 19.0. The number of rotatable bonds is 4. The number of H-pyrrole nitrogens is 1. The third-order valence-electron chi connectivity index (χ3n) is 6.30. The number of fused-ring (bicyclic) bond motifs is 3. The van der Waals surface area contributed by atoms with Crippen LogP contribution >= 0.6 is 0 Å². The van der Waals surface area contributed by atoms with Gasteiger partial charge in [-0.15, -0.1) is 0 Å². The predicted octanol–water partition coefficient (Wildman–Crippen LogP) is 5.67. The van der Waals surface area contributed by atoms with E-state index in [2.05, 4.69) is 16.4 Å². The van der Waals surface area contributed by atoms with Gasteiger partial charge in [0.2, 0.25) is 0 Å². The van der Waals surface area contributed by atoms with Crippen molar-refractivity contribution < 1.29 is 14.3 Å². The fourth-order valence-electron chi connectivity index (χ4n) is 4.66. The molecule has 0 radical (unpaired) electrons. The van der Waals surface area contributed by atoms with E-state index < -0.39 is 0 Å². The van der Waals surface area contributed by atoms with Crippen LogP contribution in [0, 0.1) is 6.92 Å². The Bertz CT molecular complexity index is 1310. The van der Waals surface area contributed by atoms with Crippen LogP contribution in [-0.2, 0) is 6.42 Å². The molecule has 33 heavy (non-hydrogen) atoms. The summed E-state index contributed by atoms with van der Waals surface area (Å²) in [6.45, 7) is 2.62. The molecule has 5 rings (SSSR count). The first-order chi connectivity index (χ1) is 16.1. The molecule has 4 aromatic rings. The van der Waals surface area contributed by atoms with Crippen molar-refractivity contribution in [1.29, 1.82) is 0 Å². The number of nitrogens with one attached hydrogen (secondary N) is 2. The first kappa shape index (κ1) is 20.9. The smallest absolute Gasteiger partial charge is 0.322 e. The molecule has 168 valence electrons. The highest BCUT2D eigenvalue weighted by Crippen LogP contribution is 2.40. The van der Waals surface area contributed by atoms with E-state index in [1.165, 1.54) is 5.56 Å². The molecule has 2 N–H and O–H groups in total. The van der Waals surface area contributed by atoms with Crippen LogP contribution in [0.3, 0.4) is 0 Å². The highest BCUT2D eigenvalue weighted by Gasteiger charge is 2.34. The molecule has 0 bridgehead atoms. The molecular weight excluding hydrogens is 414 g/mol. The molecule has 0 saturated heterocycles. The number of amides is 2. The number of carbonyl (C=O) groups is 1. The standard InChI is InChI=1S/C27H27N3O3/c1-17-5-4-6-19(15-17)28-27(31)30-14-13-22-23-16-21(33-3)11-12-24(23)29-25(22)26(30)18-7-9-20(32-2)10-8-18/h4-12,15-16,26,29H,13-14H2,1-3H3,(H,28,31)/t26-/m0/s1. The van der Waals surface area contributed by atoms with Crippen molar-refractivity contribution in [3.05, 3.63) is 89.1 Å². The Labute approximate surface area is 193 Å². The maximum Gasteiger partial charge on any atom is 0.322 e. The summed E-state index contributed by atoms with van der Waals surface area (Å²) < 4.78 is 10.8. The molecule has 1 atom stereocenters. The molecule has 0 unspecified atom stereocenters. The maximum atomic E-state index is 13.5. The summed E-state index contributed by atoms with van der Waals surface area (Å²) >= 11 is 0. The van der Waals surface area contributed by atoms with Gasteiger partial charge < -0.3 is 24.7 Å². The van der Waals surface area contributed by atoms with Gasteiger partial charge in [-0.1, -0.05) is 24.3 Å². The van der Waals surface area contributed by atoms with E-state index in [1.807, 2.05) is 72.5 Å². The molecule has 0 saturated carbocycles. The average molecular weight is 442 g/mol. The molecule has 2 heterocycles. The number of nitrogens with zero attached hydrogens (tertiary/aromatic N) is 1. The predicted molar refractivity (Wildman–Crippen MR) is 130 cm³/mol. The fraction of sp³-hybridized carbons (Fsp3) is 0.222. The number of ether oxygens (including phenoxy) is 2. The van der Waals surface area contributed by atoms with Crippen molar-refractivity contribution >= 4 is 22.6 Å². The number of benzene rings is 3.